The molecule has 0 N–H and O–H groups in total. The highest BCUT2D eigenvalue weighted by molar-refractivity contribution is 5.77. The summed E-state index contributed by atoms with van der Waals surface area (Å²) in [7, 11) is 2.04. The van der Waals surface area contributed by atoms with Crippen molar-refractivity contribution in [3.63, 3.8) is 0 Å². The lowest BCUT2D eigenvalue weighted by atomic mass is 10.1. The van der Waals surface area contributed by atoms with E-state index in [1.807, 2.05) is 25.2 Å². The van der Waals surface area contributed by atoms with Crippen LogP contribution in [0.3, 0.4) is 0 Å². The molecule has 1 unspecified atom stereocenters. The van der Waals surface area contributed by atoms with E-state index >= 15 is 0 Å². The summed E-state index contributed by atoms with van der Waals surface area (Å²) in [5.74, 6) is 1.57. The average Bonchev–Trinajstić information content (AvgIpc) is 2.66. The van der Waals surface area contributed by atoms with Gasteiger partial charge in [0.25, 0.3) is 0 Å². The van der Waals surface area contributed by atoms with Crippen molar-refractivity contribution >= 4 is 11.0 Å². The predicted octanol–water partition coefficient (Wildman–Crippen LogP) is 3.35. The molecular formula is C14H17N3. The molecule has 0 fully saturated rings. The normalized spacial score (nSPS) is 12.6. The van der Waals surface area contributed by atoms with E-state index < -0.39 is 0 Å². The third-order valence-corrected chi connectivity index (χ3v) is 3.21. The van der Waals surface area contributed by atoms with Crippen molar-refractivity contribution in [1.29, 1.82) is 5.26 Å². The van der Waals surface area contributed by atoms with E-state index in [4.69, 9.17) is 5.26 Å². The standard InChI is InChI=1S/C14H17N3/c1-4-5-10(2)14-16-12-8-11(9-15)6-7-13(12)17(14)3/h6-8,10H,4-5H2,1-3H3. The Labute approximate surface area is 102 Å². The Morgan fingerprint density at radius 3 is 2.88 bits per heavy atom. The van der Waals surface area contributed by atoms with Gasteiger partial charge in [-0.25, -0.2) is 4.98 Å². The van der Waals surface area contributed by atoms with Gasteiger partial charge < -0.3 is 4.57 Å². The Morgan fingerprint density at radius 1 is 1.47 bits per heavy atom. The maximum absolute atomic E-state index is 8.88. The van der Waals surface area contributed by atoms with Crippen LogP contribution in [0.25, 0.3) is 11.0 Å². The van der Waals surface area contributed by atoms with Crippen molar-refractivity contribution < 1.29 is 0 Å². The van der Waals surface area contributed by atoms with Gasteiger partial charge in [0.2, 0.25) is 0 Å². The van der Waals surface area contributed by atoms with Gasteiger partial charge in [-0.05, 0) is 24.6 Å². The predicted molar refractivity (Wildman–Crippen MR) is 68.8 cm³/mol. The highest BCUT2D eigenvalue weighted by Crippen LogP contribution is 2.24. The summed E-state index contributed by atoms with van der Waals surface area (Å²) in [5, 5.41) is 8.88. The molecule has 2 aromatic rings. The molecule has 1 aromatic carbocycles. The molecule has 0 aliphatic heterocycles. The first kappa shape index (κ1) is 11.7. The quantitative estimate of drug-likeness (QED) is 0.806. The number of rotatable bonds is 3. The van der Waals surface area contributed by atoms with Crippen LogP contribution in [0.5, 0.6) is 0 Å². The molecule has 1 heterocycles. The number of fused-ring (bicyclic) bond motifs is 1. The van der Waals surface area contributed by atoms with Crippen LogP contribution in [0, 0.1) is 11.3 Å². The molecule has 17 heavy (non-hydrogen) atoms. The van der Waals surface area contributed by atoms with Gasteiger partial charge in [-0.1, -0.05) is 20.3 Å². The van der Waals surface area contributed by atoms with Gasteiger partial charge in [0.1, 0.15) is 5.82 Å². The van der Waals surface area contributed by atoms with Gasteiger partial charge in [-0.15, -0.1) is 0 Å². The molecule has 0 aliphatic rings. The fourth-order valence-electron chi connectivity index (χ4n) is 2.29. The van der Waals surface area contributed by atoms with Gasteiger partial charge in [-0.2, -0.15) is 5.26 Å². The number of aromatic nitrogens is 2. The summed E-state index contributed by atoms with van der Waals surface area (Å²) >= 11 is 0. The van der Waals surface area contributed by atoms with Gasteiger partial charge in [0.05, 0.1) is 22.7 Å². The summed E-state index contributed by atoms with van der Waals surface area (Å²) in [4.78, 5) is 4.65. The largest absolute Gasteiger partial charge is 0.331 e. The maximum atomic E-state index is 8.88. The summed E-state index contributed by atoms with van der Waals surface area (Å²) in [5.41, 5.74) is 2.69. The number of aryl methyl sites for hydroxylation is 1. The number of nitriles is 1. The molecule has 0 spiro atoms. The van der Waals surface area contributed by atoms with Crippen molar-refractivity contribution in [3.05, 3.63) is 29.6 Å². The van der Waals surface area contributed by atoms with E-state index in [0.29, 0.717) is 11.5 Å². The van der Waals surface area contributed by atoms with Crippen LogP contribution >= 0.6 is 0 Å². The Kier molecular flexibility index (Phi) is 3.14. The first-order valence-corrected chi connectivity index (χ1v) is 6.03. The number of hydrogen-bond acceptors (Lipinski definition) is 2. The van der Waals surface area contributed by atoms with Crippen molar-refractivity contribution in [2.45, 2.75) is 32.6 Å². The highest BCUT2D eigenvalue weighted by atomic mass is 15.1. The summed E-state index contributed by atoms with van der Waals surface area (Å²) in [6.07, 6.45) is 2.30. The Balaban J connectivity index is 2.53. The van der Waals surface area contributed by atoms with Crippen LogP contribution < -0.4 is 0 Å². The van der Waals surface area contributed by atoms with Crippen LogP contribution in [-0.2, 0) is 7.05 Å². The molecule has 0 bridgehead atoms. The molecule has 1 atom stereocenters. The smallest absolute Gasteiger partial charge is 0.112 e. The van der Waals surface area contributed by atoms with Gasteiger partial charge in [-0.3, -0.25) is 0 Å². The molecule has 0 aliphatic carbocycles. The monoisotopic (exact) mass is 227 g/mol. The zero-order valence-electron chi connectivity index (χ0n) is 10.6. The van der Waals surface area contributed by atoms with Gasteiger partial charge in [0, 0.05) is 13.0 Å². The molecule has 3 heteroatoms. The summed E-state index contributed by atoms with van der Waals surface area (Å²) in [6, 6.07) is 7.83. The average molecular weight is 227 g/mol. The van der Waals surface area contributed by atoms with Crippen LogP contribution in [0.4, 0.5) is 0 Å². The van der Waals surface area contributed by atoms with Gasteiger partial charge in [0.15, 0.2) is 0 Å². The van der Waals surface area contributed by atoms with Crippen molar-refractivity contribution in [3.8, 4) is 6.07 Å². The van der Waals surface area contributed by atoms with Crippen LogP contribution in [0.15, 0.2) is 18.2 Å². The van der Waals surface area contributed by atoms with Crippen molar-refractivity contribution in [1.82, 2.24) is 9.55 Å². The van der Waals surface area contributed by atoms with Gasteiger partial charge >= 0.3 is 0 Å². The van der Waals surface area contributed by atoms with E-state index in [0.717, 1.165) is 29.7 Å². The number of hydrogen-bond donors (Lipinski definition) is 0. The maximum Gasteiger partial charge on any atom is 0.112 e. The van der Waals surface area contributed by atoms with E-state index in [1.54, 1.807) is 0 Å². The second kappa shape index (κ2) is 4.58. The third-order valence-electron chi connectivity index (χ3n) is 3.21. The lowest BCUT2D eigenvalue weighted by Crippen LogP contribution is -2.02. The molecule has 0 amide bonds. The van der Waals surface area contributed by atoms with Crippen LogP contribution in [0.1, 0.15) is 44.0 Å². The fraction of sp³-hybridized carbons (Fsp3) is 0.429. The molecule has 3 nitrogen and oxygen atoms in total. The second-order valence-electron chi connectivity index (χ2n) is 4.53. The SMILES string of the molecule is CCCC(C)c1nc2cc(C#N)ccc2n1C. The number of benzene rings is 1. The molecular weight excluding hydrogens is 210 g/mol. The Hall–Kier alpha value is -1.82. The molecule has 0 radical (unpaired) electrons. The topological polar surface area (TPSA) is 41.6 Å². The van der Waals surface area contributed by atoms with E-state index in [-0.39, 0.29) is 0 Å². The zero-order valence-corrected chi connectivity index (χ0v) is 10.6. The first-order valence-electron chi connectivity index (χ1n) is 6.03. The Bertz CT molecular complexity index is 575. The van der Waals surface area contributed by atoms with Crippen LogP contribution in [0.2, 0.25) is 0 Å². The first-order chi connectivity index (χ1) is 8.17. The highest BCUT2D eigenvalue weighted by Gasteiger charge is 2.13. The minimum atomic E-state index is 0.461. The summed E-state index contributed by atoms with van der Waals surface area (Å²) < 4.78 is 2.14. The van der Waals surface area contributed by atoms with Crippen molar-refractivity contribution in [2.24, 2.45) is 7.05 Å². The van der Waals surface area contributed by atoms with E-state index in [9.17, 15) is 0 Å². The molecule has 1 aromatic heterocycles. The molecule has 88 valence electrons. The second-order valence-corrected chi connectivity index (χ2v) is 4.53. The molecule has 2 rings (SSSR count). The number of nitrogens with zero attached hydrogens (tertiary/aromatic N) is 3. The number of imidazole rings is 1. The molecule has 0 saturated heterocycles. The minimum absolute atomic E-state index is 0.461. The lowest BCUT2D eigenvalue weighted by molar-refractivity contribution is 0.606. The summed E-state index contributed by atoms with van der Waals surface area (Å²) in [6.45, 7) is 4.39. The van der Waals surface area contributed by atoms with Crippen molar-refractivity contribution in [2.75, 3.05) is 0 Å². The minimum Gasteiger partial charge on any atom is -0.331 e. The fourth-order valence-corrected chi connectivity index (χ4v) is 2.29. The van der Waals surface area contributed by atoms with E-state index in [1.165, 1.54) is 0 Å². The Morgan fingerprint density at radius 2 is 2.24 bits per heavy atom. The van der Waals surface area contributed by atoms with E-state index in [2.05, 4.69) is 29.5 Å². The molecule has 0 saturated carbocycles. The lowest BCUT2D eigenvalue weighted by Gasteiger charge is -2.09. The third kappa shape index (κ3) is 2.03. The zero-order chi connectivity index (χ0) is 12.4. The van der Waals surface area contributed by atoms with Crippen LogP contribution in [-0.4, -0.2) is 9.55 Å².